The van der Waals surface area contributed by atoms with E-state index in [-0.39, 0.29) is 0 Å². The van der Waals surface area contributed by atoms with Crippen LogP contribution in [0, 0.1) is 5.53 Å². The fourth-order valence-electron chi connectivity index (χ4n) is 1.35. The van der Waals surface area contributed by atoms with Crippen molar-refractivity contribution in [2.24, 2.45) is 5.11 Å². The van der Waals surface area contributed by atoms with Crippen molar-refractivity contribution in [3.63, 3.8) is 0 Å². The highest BCUT2D eigenvalue weighted by Crippen LogP contribution is 2.08. The minimum absolute atomic E-state index is 0.303. The van der Waals surface area contributed by atoms with Crippen LogP contribution in [0.1, 0.15) is 51.4 Å². The predicted molar refractivity (Wildman–Crippen MR) is 54.6 cm³/mol. The lowest BCUT2D eigenvalue weighted by Crippen LogP contribution is -1.93. The van der Waals surface area contributed by atoms with E-state index in [1.54, 1.807) is 0 Å². The zero-order valence-electron chi connectivity index (χ0n) is 8.67. The van der Waals surface area contributed by atoms with Crippen LogP contribution in [-0.4, -0.2) is 17.6 Å². The summed E-state index contributed by atoms with van der Waals surface area (Å²) in [5, 5.41) is 11.7. The van der Waals surface area contributed by atoms with Crippen LogP contribution in [0.2, 0.25) is 0 Å². The molecular weight excluding hydrogens is 180 g/mol. The molecule has 4 heteroatoms. The first-order chi connectivity index (χ1) is 6.77. The molecule has 0 spiro atoms. The highest BCUT2D eigenvalue weighted by Gasteiger charge is 1.96. The van der Waals surface area contributed by atoms with Gasteiger partial charge in [-0.3, -0.25) is 4.79 Å². The molecule has 0 aromatic heterocycles. The van der Waals surface area contributed by atoms with Gasteiger partial charge in [0, 0.05) is 6.42 Å². The van der Waals surface area contributed by atoms with Gasteiger partial charge >= 0.3 is 5.97 Å². The summed E-state index contributed by atoms with van der Waals surface area (Å²) in [6, 6.07) is 0. The first kappa shape index (κ1) is 13.1. The van der Waals surface area contributed by atoms with Crippen molar-refractivity contribution < 1.29 is 9.90 Å². The number of aliphatic carboxylic acids is 1. The van der Waals surface area contributed by atoms with Crippen LogP contribution in [0.5, 0.6) is 0 Å². The van der Waals surface area contributed by atoms with Gasteiger partial charge < -0.3 is 5.11 Å². The predicted octanol–water partition coefficient (Wildman–Crippen LogP) is 3.22. The molecule has 0 fully saturated rings. The standard InChI is InChI=1S/C10H20N2O2/c11-12-9-7-5-3-1-2-4-6-8-10(13)14/h11H,1-9H2,(H,13,14). The maximum Gasteiger partial charge on any atom is 0.303 e. The maximum atomic E-state index is 10.2. The Balaban J connectivity index is 2.92. The van der Waals surface area contributed by atoms with Gasteiger partial charge in [0.1, 0.15) is 0 Å². The molecule has 2 N–H and O–H groups in total. The van der Waals surface area contributed by atoms with Gasteiger partial charge in [-0.15, -0.1) is 0 Å². The van der Waals surface area contributed by atoms with E-state index in [4.69, 9.17) is 10.6 Å². The fourth-order valence-corrected chi connectivity index (χ4v) is 1.35. The SMILES string of the molecule is N=NCCCCCCCCCC(=O)O. The minimum atomic E-state index is -0.693. The molecule has 0 aliphatic heterocycles. The van der Waals surface area contributed by atoms with Crippen molar-refractivity contribution in [1.82, 2.24) is 0 Å². The number of carboxylic acids is 1. The Hall–Kier alpha value is -0.930. The van der Waals surface area contributed by atoms with E-state index < -0.39 is 5.97 Å². The van der Waals surface area contributed by atoms with E-state index in [0.717, 1.165) is 32.1 Å². The molecule has 0 unspecified atom stereocenters. The summed E-state index contributed by atoms with van der Waals surface area (Å²) in [5.41, 5.74) is 6.58. The topological polar surface area (TPSA) is 73.5 Å². The smallest absolute Gasteiger partial charge is 0.303 e. The number of nitrogens with one attached hydrogen (secondary N) is 1. The van der Waals surface area contributed by atoms with E-state index >= 15 is 0 Å². The van der Waals surface area contributed by atoms with Gasteiger partial charge in [-0.1, -0.05) is 32.1 Å². The maximum absolute atomic E-state index is 10.2. The molecular formula is C10H20N2O2. The molecule has 0 aromatic rings. The third kappa shape index (κ3) is 11.1. The molecule has 0 atom stereocenters. The third-order valence-corrected chi connectivity index (χ3v) is 2.16. The van der Waals surface area contributed by atoms with Gasteiger partial charge in [0.2, 0.25) is 0 Å². The minimum Gasteiger partial charge on any atom is -0.481 e. The normalized spacial score (nSPS) is 10.0. The van der Waals surface area contributed by atoms with Crippen LogP contribution in [0.3, 0.4) is 0 Å². The Kier molecular flexibility index (Phi) is 9.48. The lowest BCUT2D eigenvalue weighted by atomic mass is 10.1. The number of carboxylic acid groups (broad SMARTS) is 1. The second kappa shape index (κ2) is 10.2. The van der Waals surface area contributed by atoms with E-state index in [9.17, 15) is 4.79 Å². The molecule has 4 nitrogen and oxygen atoms in total. The molecule has 0 aliphatic rings. The van der Waals surface area contributed by atoms with Crippen LogP contribution < -0.4 is 0 Å². The van der Waals surface area contributed by atoms with Gasteiger partial charge in [0.05, 0.1) is 6.54 Å². The quantitative estimate of drug-likeness (QED) is 0.419. The van der Waals surface area contributed by atoms with Crippen LogP contribution in [0.15, 0.2) is 5.11 Å². The molecule has 0 bridgehead atoms. The van der Waals surface area contributed by atoms with Crippen LogP contribution in [0.25, 0.3) is 0 Å². The Morgan fingerprint density at radius 2 is 1.50 bits per heavy atom. The van der Waals surface area contributed by atoms with Gasteiger partial charge in [0.15, 0.2) is 0 Å². The van der Waals surface area contributed by atoms with Gasteiger partial charge in [-0.05, 0) is 12.8 Å². The molecule has 82 valence electrons. The third-order valence-electron chi connectivity index (χ3n) is 2.16. The van der Waals surface area contributed by atoms with Crippen LogP contribution >= 0.6 is 0 Å². The highest BCUT2D eigenvalue weighted by atomic mass is 16.4. The molecule has 0 aliphatic carbocycles. The van der Waals surface area contributed by atoms with Crippen molar-refractivity contribution >= 4 is 5.97 Å². The number of hydrogen-bond donors (Lipinski definition) is 2. The molecule has 0 saturated heterocycles. The van der Waals surface area contributed by atoms with E-state index in [1.165, 1.54) is 12.8 Å². The van der Waals surface area contributed by atoms with Crippen molar-refractivity contribution in [1.29, 1.82) is 5.53 Å². The summed E-state index contributed by atoms with van der Waals surface area (Å²) in [5.74, 6) is -0.693. The highest BCUT2D eigenvalue weighted by molar-refractivity contribution is 5.66. The summed E-state index contributed by atoms with van der Waals surface area (Å²) in [6.07, 6.45) is 7.77. The summed E-state index contributed by atoms with van der Waals surface area (Å²) in [6.45, 7) is 0.652. The van der Waals surface area contributed by atoms with Crippen molar-refractivity contribution in [2.45, 2.75) is 51.4 Å². The first-order valence-corrected chi connectivity index (χ1v) is 5.32. The Labute approximate surface area is 85.2 Å². The summed E-state index contributed by atoms with van der Waals surface area (Å²) >= 11 is 0. The molecule has 0 radical (unpaired) electrons. The average molecular weight is 200 g/mol. The lowest BCUT2D eigenvalue weighted by Gasteiger charge is -1.99. The zero-order valence-corrected chi connectivity index (χ0v) is 8.67. The Bertz CT molecular complexity index is 160. The summed E-state index contributed by atoms with van der Waals surface area (Å²) in [7, 11) is 0. The van der Waals surface area contributed by atoms with Gasteiger partial charge in [-0.2, -0.15) is 5.11 Å². The lowest BCUT2D eigenvalue weighted by molar-refractivity contribution is -0.137. The van der Waals surface area contributed by atoms with E-state index in [0.29, 0.717) is 13.0 Å². The Morgan fingerprint density at radius 1 is 1.00 bits per heavy atom. The molecule has 14 heavy (non-hydrogen) atoms. The van der Waals surface area contributed by atoms with Crippen molar-refractivity contribution in [3.05, 3.63) is 0 Å². The number of rotatable bonds is 10. The summed E-state index contributed by atoms with van der Waals surface area (Å²) in [4.78, 5) is 10.2. The van der Waals surface area contributed by atoms with Crippen LogP contribution in [-0.2, 0) is 4.79 Å². The van der Waals surface area contributed by atoms with E-state index in [1.807, 2.05) is 0 Å². The first-order valence-electron chi connectivity index (χ1n) is 5.32. The summed E-state index contributed by atoms with van der Waals surface area (Å²) < 4.78 is 0. The Morgan fingerprint density at radius 3 is 2.00 bits per heavy atom. The molecule has 0 heterocycles. The zero-order chi connectivity index (χ0) is 10.6. The van der Waals surface area contributed by atoms with Gasteiger partial charge in [-0.25, -0.2) is 5.53 Å². The largest absolute Gasteiger partial charge is 0.481 e. The number of nitrogens with zero attached hydrogens (tertiary/aromatic N) is 1. The molecule has 0 rings (SSSR count). The number of carbonyl (C=O) groups is 1. The molecule has 0 aromatic carbocycles. The average Bonchev–Trinajstić information content (AvgIpc) is 2.15. The molecule has 0 amide bonds. The van der Waals surface area contributed by atoms with Crippen LogP contribution in [0.4, 0.5) is 0 Å². The van der Waals surface area contributed by atoms with Crippen molar-refractivity contribution in [3.8, 4) is 0 Å². The second-order valence-corrected chi connectivity index (χ2v) is 3.50. The van der Waals surface area contributed by atoms with Crippen molar-refractivity contribution in [2.75, 3.05) is 6.54 Å². The monoisotopic (exact) mass is 200 g/mol. The fraction of sp³-hybridized carbons (Fsp3) is 0.900. The molecule has 0 saturated carbocycles. The number of unbranched alkanes of at least 4 members (excludes halogenated alkanes) is 6. The second-order valence-electron chi connectivity index (χ2n) is 3.50. The number of hydrogen-bond acceptors (Lipinski definition) is 3. The van der Waals surface area contributed by atoms with E-state index in [2.05, 4.69) is 5.11 Å². The van der Waals surface area contributed by atoms with Gasteiger partial charge in [0.25, 0.3) is 0 Å².